The van der Waals surface area contributed by atoms with Gasteiger partial charge in [-0.25, -0.2) is 0 Å². The first-order chi connectivity index (χ1) is 9.29. The number of likely N-dealkylation sites (tertiary alicyclic amines) is 1. The standard InChI is InChI=1S/C16H23NOS/c1-2-14-10-13(11-19-14)16(18)17-9-5-7-12-6-3-4-8-15(12)17/h10-12,15H,2-9H2,1H3. The zero-order chi connectivity index (χ0) is 13.2. The molecule has 1 aromatic rings. The van der Waals surface area contributed by atoms with Crippen LogP contribution in [0.4, 0.5) is 0 Å². The van der Waals surface area contributed by atoms with Crippen LogP contribution in [0.2, 0.25) is 0 Å². The largest absolute Gasteiger partial charge is 0.335 e. The molecule has 2 heterocycles. The summed E-state index contributed by atoms with van der Waals surface area (Å²) >= 11 is 1.72. The molecule has 2 unspecified atom stereocenters. The van der Waals surface area contributed by atoms with Crippen LogP contribution in [0, 0.1) is 5.92 Å². The molecular weight excluding hydrogens is 254 g/mol. The number of amides is 1. The number of hydrogen-bond acceptors (Lipinski definition) is 2. The summed E-state index contributed by atoms with van der Waals surface area (Å²) in [6, 6.07) is 2.62. The normalized spacial score (nSPS) is 27.1. The summed E-state index contributed by atoms with van der Waals surface area (Å²) in [6.45, 7) is 3.12. The van der Waals surface area contributed by atoms with Crippen molar-refractivity contribution in [2.24, 2.45) is 5.92 Å². The van der Waals surface area contributed by atoms with Crippen LogP contribution < -0.4 is 0 Å². The van der Waals surface area contributed by atoms with Crippen molar-refractivity contribution in [2.75, 3.05) is 6.54 Å². The van der Waals surface area contributed by atoms with Gasteiger partial charge < -0.3 is 4.90 Å². The maximum Gasteiger partial charge on any atom is 0.254 e. The summed E-state index contributed by atoms with van der Waals surface area (Å²) in [6.07, 6.45) is 8.77. The molecule has 0 aromatic carbocycles. The van der Waals surface area contributed by atoms with Crippen LogP contribution in [-0.4, -0.2) is 23.4 Å². The lowest BCUT2D eigenvalue weighted by molar-refractivity contribution is 0.0391. The Labute approximate surface area is 119 Å². The van der Waals surface area contributed by atoms with E-state index >= 15 is 0 Å². The molecule has 2 aliphatic rings. The summed E-state index contributed by atoms with van der Waals surface area (Å²) in [7, 11) is 0. The fourth-order valence-corrected chi connectivity index (χ4v) is 4.53. The lowest BCUT2D eigenvalue weighted by atomic mass is 9.78. The molecule has 1 aliphatic carbocycles. The number of nitrogens with zero attached hydrogens (tertiary/aromatic N) is 1. The zero-order valence-corrected chi connectivity index (χ0v) is 12.5. The van der Waals surface area contributed by atoms with Gasteiger partial charge in [0.2, 0.25) is 0 Å². The summed E-state index contributed by atoms with van der Waals surface area (Å²) < 4.78 is 0. The molecule has 3 rings (SSSR count). The van der Waals surface area contributed by atoms with E-state index in [1.54, 1.807) is 11.3 Å². The number of piperidine rings is 1. The molecule has 1 saturated carbocycles. The highest BCUT2D eigenvalue weighted by atomic mass is 32.1. The van der Waals surface area contributed by atoms with Crippen LogP contribution in [0.25, 0.3) is 0 Å². The lowest BCUT2D eigenvalue weighted by Gasteiger charge is -2.44. The predicted molar refractivity (Wildman–Crippen MR) is 79.7 cm³/mol. The summed E-state index contributed by atoms with van der Waals surface area (Å²) in [4.78, 5) is 16.2. The van der Waals surface area contributed by atoms with Gasteiger partial charge in [-0.2, -0.15) is 0 Å². The Kier molecular flexibility index (Phi) is 3.92. The van der Waals surface area contributed by atoms with E-state index in [-0.39, 0.29) is 5.91 Å². The smallest absolute Gasteiger partial charge is 0.254 e. The van der Waals surface area contributed by atoms with Crippen molar-refractivity contribution in [1.29, 1.82) is 0 Å². The minimum Gasteiger partial charge on any atom is -0.335 e. The molecule has 2 nitrogen and oxygen atoms in total. The Morgan fingerprint density at radius 1 is 1.32 bits per heavy atom. The number of hydrogen-bond donors (Lipinski definition) is 0. The van der Waals surface area contributed by atoms with Crippen LogP contribution in [0.1, 0.15) is 60.7 Å². The first-order valence-electron chi connectivity index (χ1n) is 7.68. The van der Waals surface area contributed by atoms with Gasteiger partial charge in [-0.3, -0.25) is 4.79 Å². The Bertz CT molecular complexity index is 451. The molecule has 1 amide bonds. The van der Waals surface area contributed by atoms with Gasteiger partial charge in [-0.1, -0.05) is 19.8 Å². The van der Waals surface area contributed by atoms with E-state index in [2.05, 4.69) is 17.9 Å². The maximum absolute atomic E-state index is 12.7. The molecular formula is C16H23NOS. The van der Waals surface area contributed by atoms with E-state index in [4.69, 9.17) is 0 Å². The van der Waals surface area contributed by atoms with E-state index in [1.807, 2.05) is 5.38 Å². The zero-order valence-electron chi connectivity index (χ0n) is 11.7. The van der Waals surface area contributed by atoms with E-state index in [1.165, 1.54) is 43.4 Å². The Balaban J connectivity index is 1.77. The first-order valence-corrected chi connectivity index (χ1v) is 8.56. The molecule has 1 aromatic heterocycles. The third-order valence-corrected chi connectivity index (χ3v) is 5.83. The number of carbonyl (C=O) groups excluding carboxylic acids is 1. The van der Waals surface area contributed by atoms with Crippen molar-refractivity contribution in [3.05, 3.63) is 21.9 Å². The van der Waals surface area contributed by atoms with Crippen LogP contribution in [0.5, 0.6) is 0 Å². The molecule has 0 bridgehead atoms. The Hall–Kier alpha value is -0.830. The van der Waals surface area contributed by atoms with Crippen LogP contribution in [0.3, 0.4) is 0 Å². The second-order valence-corrected chi connectivity index (χ2v) is 6.90. The van der Waals surface area contributed by atoms with Crippen molar-refractivity contribution in [3.8, 4) is 0 Å². The van der Waals surface area contributed by atoms with E-state index < -0.39 is 0 Å². The fraction of sp³-hybridized carbons (Fsp3) is 0.688. The van der Waals surface area contributed by atoms with Gasteiger partial charge in [-0.05, 0) is 44.1 Å². The molecule has 3 heteroatoms. The third kappa shape index (κ3) is 2.58. The molecule has 0 N–H and O–H groups in total. The van der Waals surface area contributed by atoms with E-state index in [0.29, 0.717) is 6.04 Å². The topological polar surface area (TPSA) is 20.3 Å². The van der Waals surface area contributed by atoms with Crippen molar-refractivity contribution < 1.29 is 4.79 Å². The first kappa shape index (κ1) is 13.2. The quantitative estimate of drug-likeness (QED) is 0.797. The maximum atomic E-state index is 12.7. The minimum atomic E-state index is 0.285. The molecule has 0 radical (unpaired) electrons. The van der Waals surface area contributed by atoms with Crippen LogP contribution in [-0.2, 0) is 6.42 Å². The average molecular weight is 277 g/mol. The monoisotopic (exact) mass is 277 g/mol. The molecule has 19 heavy (non-hydrogen) atoms. The van der Waals surface area contributed by atoms with Gasteiger partial charge in [-0.15, -0.1) is 11.3 Å². The highest BCUT2D eigenvalue weighted by molar-refractivity contribution is 7.10. The van der Waals surface area contributed by atoms with Crippen molar-refractivity contribution in [3.63, 3.8) is 0 Å². The second kappa shape index (κ2) is 5.66. The summed E-state index contributed by atoms with van der Waals surface area (Å²) in [5, 5.41) is 2.05. The average Bonchev–Trinajstić information content (AvgIpc) is 2.95. The third-order valence-electron chi connectivity index (χ3n) is 4.75. The molecule has 0 spiro atoms. The molecule has 2 atom stereocenters. The van der Waals surface area contributed by atoms with Crippen molar-refractivity contribution >= 4 is 17.2 Å². The second-order valence-electron chi connectivity index (χ2n) is 5.91. The summed E-state index contributed by atoms with van der Waals surface area (Å²) in [5.41, 5.74) is 0.924. The van der Waals surface area contributed by atoms with Gasteiger partial charge in [0.05, 0.1) is 5.56 Å². The summed E-state index contributed by atoms with van der Waals surface area (Å²) in [5.74, 6) is 1.06. The molecule has 2 fully saturated rings. The Morgan fingerprint density at radius 3 is 2.89 bits per heavy atom. The van der Waals surface area contributed by atoms with Crippen molar-refractivity contribution in [1.82, 2.24) is 4.90 Å². The van der Waals surface area contributed by atoms with Crippen LogP contribution in [0.15, 0.2) is 11.4 Å². The van der Waals surface area contributed by atoms with E-state index in [0.717, 1.165) is 24.4 Å². The number of aryl methyl sites for hydroxylation is 1. The number of rotatable bonds is 2. The van der Waals surface area contributed by atoms with Gasteiger partial charge in [0.15, 0.2) is 0 Å². The highest BCUT2D eigenvalue weighted by Crippen LogP contribution is 2.36. The lowest BCUT2D eigenvalue weighted by Crippen LogP contribution is -2.49. The SMILES string of the molecule is CCc1cc(C(=O)N2CCCC3CCCCC32)cs1. The Morgan fingerprint density at radius 2 is 2.11 bits per heavy atom. The van der Waals surface area contributed by atoms with Gasteiger partial charge >= 0.3 is 0 Å². The fourth-order valence-electron chi connectivity index (χ4n) is 3.72. The van der Waals surface area contributed by atoms with Gasteiger partial charge in [0, 0.05) is 22.8 Å². The predicted octanol–water partition coefficient (Wildman–Crippen LogP) is 4.11. The van der Waals surface area contributed by atoms with Crippen molar-refractivity contribution in [2.45, 2.75) is 57.9 Å². The van der Waals surface area contributed by atoms with E-state index in [9.17, 15) is 4.79 Å². The van der Waals surface area contributed by atoms with Crippen LogP contribution >= 0.6 is 11.3 Å². The van der Waals surface area contributed by atoms with Gasteiger partial charge in [0.1, 0.15) is 0 Å². The molecule has 1 aliphatic heterocycles. The molecule has 1 saturated heterocycles. The number of thiophene rings is 1. The minimum absolute atomic E-state index is 0.285. The number of carbonyl (C=O) groups is 1. The highest BCUT2D eigenvalue weighted by Gasteiger charge is 2.36. The molecule has 104 valence electrons. The van der Waals surface area contributed by atoms with Gasteiger partial charge in [0.25, 0.3) is 5.91 Å². The number of fused-ring (bicyclic) bond motifs is 1.